The fourth-order valence-electron chi connectivity index (χ4n) is 2.66. The largest absolute Gasteiger partial charge is 0.485 e. The third-order valence-electron chi connectivity index (χ3n) is 4.13. The lowest BCUT2D eigenvalue weighted by atomic mass is 10.2. The van der Waals surface area contributed by atoms with Crippen LogP contribution in [0.4, 0.5) is 13.9 Å². The Balaban J connectivity index is 1.62. The molecule has 0 spiro atoms. The number of anilines is 1. The summed E-state index contributed by atoms with van der Waals surface area (Å²) in [6.45, 7) is 1.94. The van der Waals surface area contributed by atoms with Crippen molar-refractivity contribution in [2.75, 3.05) is 5.32 Å². The summed E-state index contributed by atoms with van der Waals surface area (Å²) in [6, 6.07) is 11.5. The first-order chi connectivity index (χ1) is 14.5. The number of aromatic nitrogens is 3. The Hall–Kier alpha value is -3.59. The predicted molar refractivity (Wildman–Crippen MR) is 109 cm³/mol. The number of carbonyl (C=O) groups is 1. The van der Waals surface area contributed by atoms with Crippen molar-refractivity contribution in [1.82, 2.24) is 14.8 Å². The van der Waals surface area contributed by atoms with Crippen LogP contribution in [-0.4, -0.2) is 20.7 Å². The minimum atomic E-state index is -0.487. The van der Waals surface area contributed by atoms with Crippen molar-refractivity contribution < 1.29 is 18.3 Å². The summed E-state index contributed by atoms with van der Waals surface area (Å²) in [5.41, 5.74) is 2.13. The van der Waals surface area contributed by atoms with Gasteiger partial charge in [-0.25, -0.2) is 18.4 Å². The van der Waals surface area contributed by atoms with Crippen molar-refractivity contribution in [3.63, 3.8) is 0 Å². The van der Waals surface area contributed by atoms with Crippen molar-refractivity contribution >= 4 is 22.4 Å². The van der Waals surface area contributed by atoms with Gasteiger partial charge in [0.25, 0.3) is 5.91 Å². The van der Waals surface area contributed by atoms with Crippen LogP contribution >= 0.6 is 11.3 Å². The van der Waals surface area contributed by atoms with Crippen LogP contribution < -0.4 is 10.1 Å². The highest BCUT2D eigenvalue weighted by molar-refractivity contribution is 7.13. The topological polar surface area (TPSA) is 69.0 Å². The zero-order valence-corrected chi connectivity index (χ0v) is 16.6. The van der Waals surface area contributed by atoms with E-state index in [4.69, 9.17) is 4.74 Å². The molecule has 0 saturated heterocycles. The summed E-state index contributed by atoms with van der Waals surface area (Å²) in [5, 5.41) is 9.28. The maximum absolute atomic E-state index is 13.2. The number of halogens is 2. The van der Waals surface area contributed by atoms with E-state index < -0.39 is 5.91 Å². The lowest BCUT2D eigenvalue weighted by Crippen LogP contribution is -2.14. The molecule has 0 atom stereocenters. The molecule has 2 heterocycles. The van der Waals surface area contributed by atoms with E-state index in [1.165, 1.54) is 52.4 Å². The normalized spacial score (nSPS) is 10.8. The van der Waals surface area contributed by atoms with Gasteiger partial charge in [0.15, 0.2) is 16.6 Å². The van der Waals surface area contributed by atoms with Gasteiger partial charge in [-0.1, -0.05) is 12.1 Å². The number of ether oxygens (including phenoxy) is 1. The molecule has 6 nitrogen and oxygen atoms in total. The zero-order valence-electron chi connectivity index (χ0n) is 15.8. The monoisotopic (exact) mass is 426 g/mol. The SMILES string of the molecule is Cc1csc(NC(=O)c2nn(-c3ccc(F)cc3)cc2OCc2ccc(F)cc2)n1. The molecule has 30 heavy (non-hydrogen) atoms. The van der Waals surface area contributed by atoms with E-state index in [9.17, 15) is 13.6 Å². The second-order valence-corrected chi connectivity index (χ2v) is 7.28. The number of carbonyl (C=O) groups excluding carboxylic acids is 1. The molecule has 4 rings (SSSR count). The molecule has 0 radical (unpaired) electrons. The number of amides is 1. The van der Waals surface area contributed by atoms with E-state index in [2.05, 4.69) is 15.4 Å². The number of hydrogen-bond acceptors (Lipinski definition) is 5. The van der Waals surface area contributed by atoms with E-state index in [1.54, 1.807) is 18.3 Å². The quantitative estimate of drug-likeness (QED) is 0.483. The Morgan fingerprint density at radius 1 is 1.10 bits per heavy atom. The smallest absolute Gasteiger partial charge is 0.281 e. The molecule has 0 unspecified atom stereocenters. The second-order valence-electron chi connectivity index (χ2n) is 6.43. The average Bonchev–Trinajstić information content (AvgIpc) is 3.34. The Bertz CT molecular complexity index is 1170. The van der Waals surface area contributed by atoms with E-state index in [0.29, 0.717) is 10.8 Å². The number of thiazole rings is 1. The minimum absolute atomic E-state index is 0.0503. The summed E-state index contributed by atoms with van der Waals surface area (Å²) in [6.07, 6.45) is 1.54. The highest BCUT2D eigenvalue weighted by Gasteiger charge is 2.20. The molecular weight excluding hydrogens is 410 g/mol. The molecule has 0 fully saturated rings. The van der Waals surface area contributed by atoms with E-state index in [0.717, 1.165) is 11.3 Å². The molecule has 2 aromatic heterocycles. The number of nitrogens with zero attached hydrogens (tertiary/aromatic N) is 3. The first-order valence-corrected chi connectivity index (χ1v) is 9.82. The summed E-state index contributed by atoms with van der Waals surface area (Å²) in [4.78, 5) is 17.0. The second kappa shape index (κ2) is 8.42. The van der Waals surface area contributed by atoms with Crippen LogP contribution in [-0.2, 0) is 6.61 Å². The predicted octanol–water partition coefficient (Wildman–Crippen LogP) is 4.75. The fourth-order valence-corrected chi connectivity index (χ4v) is 3.34. The van der Waals surface area contributed by atoms with Gasteiger partial charge >= 0.3 is 0 Å². The van der Waals surface area contributed by atoms with Gasteiger partial charge in [0.05, 0.1) is 17.6 Å². The zero-order chi connectivity index (χ0) is 21.1. The van der Waals surface area contributed by atoms with Crippen molar-refractivity contribution in [1.29, 1.82) is 0 Å². The van der Waals surface area contributed by atoms with Crippen LogP contribution in [0.15, 0.2) is 60.1 Å². The van der Waals surface area contributed by atoms with Crippen molar-refractivity contribution in [2.24, 2.45) is 0 Å². The third kappa shape index (κ3) is 4.52. The molecule has 4 aromatic rings. The number of aryl methyl sites for hydroxylation is 1. The number of nitrogens with one attached hydrogen (secondary N) is 1. The van der Waals surface area contributed by atoms with Gasteiger partial charge in [0.2, 0.25) is 0 Å². The number of rotatable bonds is 6. The lowest BCUT2D eigenvalue weighted by Gasteiger charge is -2.06. The standard InChI is InChI=1S/C21H16F2N4O2S/c1-13-12-30-21(24-13)25-20(28)19-18(29-11-14-2-4-15(22)5-3-14)10-27(26-19)17-8-6-16(23)7-9-17/h2-10,12H,11H2,1H3,(H,24,25,28). The summed E-state index contributed by atoms with van der Waals surface area (Å²) >= 11 is 1.30. The molecule has 0 aliphatic rings. The summed E-state index contributed by atoms with van der Waals surface area (Å²) in [5.74, 6) is -0.980. The van der Waals surface area contributed by atoms with Crippen LogP contribution in [0.2, 0.25) is 0 Å². The molecule has 1 amide bonds. The first kappa shape index (κ1) is 19.7. The van der Waals surface area contributed by atoms with Crippen LogP contribution in [0.25, 0.3) is 5.69 Å². The minimum Gasteiger partial charge on any atom is -0.485 e. The third-order valence-corrected chi connectivity index (χ3v) is 5.01. The number of hydrogen-bond donors (Lipinski definition) is 1. The van der Waals surface area contributed by atoms with Gasteiger partial charge in [-0.3, -0.25) is 10.1 Å². The highest BCUT2D eigenvalue weighted by atomic mass is 32.1. The molecule has 0 saturated carbocycles. The van der Waals surface area contributed by atoms with Crippen molar-refractivity contribution in [3.05, 3.63) is 88.7 Å². The maximum Gasteiger partial charge on any atom is 0.281 e. The maximum atomic E-state index is 13.2. The first-order valence-electron chi connectivity index (χ1n) is 8.94. The molecule has 0 bridgehead atoms. The van der Waals surface area contributed by atoms with Gasteiger partial charge in [-0.2, -0.15) is 5.10 Å². The summed E-state index contributed by atoms with van der Waals surface area (Å²) < 4.78 is 33.6. The van der Waals surface area contributed by atoms with Gasteiger partial charge < -0.3 is 4.74 Å². The molecule has 2 aromatic carbocycles. The molecule has 1 N–H and O–H groups in total. The van der Waals surface area contributed by atoms with Gasteiger partial charge in [-0.05, 0) is 48.9 Å². The molecule has 152 valence electrons. The Labute approximate surface area is 174 Å². The lowest BCUT2D eigenvalue weighted by molar-refractivity contribution is 0.101. The summed E-state index contributed by atoms with van der Waals surface area (Å²) in [7, 11) is 0. The molecule has 0 aliphatic heterocycles. The molecule has 0 aliphatic carbocycles. The van der Waals surface area contributed by atoms with Crippen molar-refractivity contribution in [2.45, 2.75) is 13.5 Å². The average molecular weight is 426 g/mol. The molecular formula is C21H16F2N4O2S. The van der Waals surface area contributed by atoms with Gasteiger partial charge in [0, 0.05) is 5.38 Å². The van der Waals surface area contributed by atoms with Gasteiger partial charge in [0.1, 0.15) is 18.2 Å². The van der Waals surface area contributed by atoms with Crippen LogP contribution in [0.3, 0.4) is 0 Å². The van der Waals surface area contributed by atoms with E-state index in [-0.39, 0.29) is 29.7 Å². The Morgan fingerprint density at radius 2 is 1.77 bits per heavy atom. The highest BCUT2D eigenvalue weighted by Crippen LogP contribution is 2.24. The molecule has 9 heteroatoms. The van der Waals surface area contributed by atoms with Gasteiger partial charge in [-0.15, -0.1) is 11.3 Å². The Kier molecular flexibility index (Phi) is 5.53. The Morgan fingerprint density at radius 3 is 2.40 bits per heavy atom. The van der Waals surface area contributed by atoms with Crippen LogP contribution in [0, 0.1) is 18.6 Å². The fraction of sp³-hybridized carbons (Fsp3) is 0.0952. The number of benzene rings is 2. The van der Waals surface area contributed by atoms with Crippen molar-refractivity contribution in [3.8, 4) is 11.4 Å². The van der Waals surface area contributed by atoms with Crippen LogP contribution in [0.5, 0.6) is 5.75 Å². The van der Waals surface area contributed by atoms with E-state index >= 15 is 0 Å². The van der Waals surface area contributed by atoms with Crippen LogP contribution in [0.1, 0.15) is 21.7 Å². The van der Waals surface area contributed by atoms with E-state index in [1.807, 2.05) is 12.3 Å².